The highest BCUT2D eigenvalue weighted by Crippen LogP contribution is 2.18. The number of hydrogen-bond donors (Lipinski definition) is 2. The lowest BCUT2D eigenvalue weighted by atomic mass is 9.89. The maximum Gasteiger partial charge on any atom is 0.0712 e. The SMILES string of the molecule is Cc1ccccc1CNCC(O)C(C)(C)C. The highest BCUT2D eigenvalue weighted by Gasteiger charge is 2.21. The maximum atomic E-state index is 9.87. The van der Waals surface area contributed by atoms with E-state index in [1.54, 1.807) is 0 Å². The lowest BCUT2D eigenvalue weighted by Crippen LogP contribution is -2.36. The predicted molar refractivity (Wildman–Crippen MR) is 68.3 cm³/mol. The molecule has 0 saturated carbocycles. The zero-order valence-electron chi connectivity index (χ0n) is 10.7. The normalized spacial score (nSPS) is 13.8. The van der Waals surface area contributed by atoms with Crippen LogP contribution in [0.25, 0.3) is 0 Å². The Kier molecular flexibility index (Phi) is 4.51. The van der Waals surface area contributed by atoms with Gasteiger partial charge in [0.25, 0.3) is 0 Å². The molecule has 2 heteroatoms. The molecule has 2 nitrogen and oxygen atoms in total. The number of aliphatic hydroxyl groups excluding tert-OH is 1. The van der Waals surface area contributed by atoms with E-state index in [0.717, 1.165) is 6.54 Å². The van der Waals surface area contributed by atoms with Crippen LogP contribution in [0.1, 0.15) is 31.9 Å². The Labute approximate surface area is 98.7 Å². The Bertz CT molecular complexity index is 328. The molecule has 0 radical (unpaired) electrons. The van der Waals surface area contributed by atoms with Crippen molar-refractivity contribution in [3.05, 3.63) is 35.4 Å². The van der Waals surface area contributed by atoms with Gasteiger partial charge in [0.15, 0.2) is 0 Å². The number of benzene rings is 1. The molecule has 0 aliphatic rings. The van der Waals surface area contributed by atoms with Crippen LogP contribution in [-0.4, -0.2) is 17.8 Å². The summed E-state index contributed by atoms with van der Waals surface area (Å²) >= 11 is 0. The Hall–Kier alpha value is -0.860. The largest absolute Gasteiger partial charge is 0.391 e. The Morgan fingerprint density at radius 3 is 2.44 bits per heavy atom. The van der Waals surface area contributed by atoms with Crippen molar-refractivity contribution in [3.63, 3.8) is 0 Å². The molecule has 0 aliphatic carbocycles. The molecular weight excluding hydrogens is 198 g/mol. The third kappa shape index (κ3) is 3.95. The molecule has 0 spiro atoms. The van der Waals surface area contributed by atoms with Gasteiger partial charge in [0, 0.05) is 13.1 Å². The van der Waals surface area contributed by atoms with Crippen LogP contribution in [0.4, 0.5) is 0 Å². The van der Waals surface area contributed by atoms with Gasteiger partial charge in [-0.05, 0) is 23.5 Å². The van der Waals surface area contributed by atoms with E-state index in [9.17, 15) is 5.11 Å². The Morgan fingerprint density at radius 1 is 1.25 bits per heavy atom. The van der Waals surface area contributed by atoms with Crippen molar-refractivity contribution >= 4 is 0 Å². The average molecular weight is 221 g/mol. The standard InChI is InChI=1S/C14H23NO/c1-11-7-5-6-8-12(11)9-15-10-13(16)14(2,3)4/h5-8,13,15-16H,9-10H2,1-4H3. The quantitative estimate of drug-likeness (QED) is 0.818. The minimum atomic E-state index is -0.309. The first-order chi connectivity index (χ1) is 7.41. The first-order valence-electron chi connectivity index (χ1n) is 5.84. The van der Waals surface area contributed by atoms with Gasteiger partial charge in [-0.3, -0.25) is 0 Å². The second kappa shape index (κ2) is 5.46. The van der Waals surface area contributed by atoms with Gasteiger partial charge in [-0.15, -0.1) is 0 Å². The number of aliphatic hydroxyl groups is 1. The van der Waals surface area contributed by atoms with Gasteiger partial charge in [-0.1, -0.05) is 45.0 Å². The second-order valence-electron chi connectivity index (χ2n) is 5.44. The van der Waals surface area contributed by atoms with Crippen LogP contribution in [0, 0.1) is 12.3 Å². The van der Waals surface area contributed by atoms with Crippen LogP contribution in [0.15, 0.2) is 24.3 Å². The highest BCUT2D eigenvalue weighted by atomic mass is 16.3. The summed E-state index contributed by atoms with van der Waals surface area (Å²) in [7, 11) is 0. The molecule has 2 N–H and O–H groups in total. The second-order valence-corrected chi connectivity index (χ2v) is 5.44. The molecule has 0 aliphatic heterocycles. The summed E-state index contributed by atoms with van der Waals surface area (Å²) in [6.07, 6.45) is -0.309. The average Bonchev–Trinajstić information content (AvgIpc) is 2.19. The minimum absolute atomic E-state index is 0.0568. The smallest absolute Gasteiger partial charge is 0.0712 e. The van der Waals surface area contributed by atoms with E-state index in [1.165, 1.54) is 11.1 Å². The van der Waals surface area contributed by atoms with E-state index < -0.39 is 0 Å². The van der Waals surface area contributed by atoms with Gasteiger partial charge < -0.3 is 10.4 Å². The van der Waals surface area contributed by atoms with E-state index in [0.29, 0.717) is 6.54 Å². The number of rotatable bonds is 4. The molecule has 0 fully saturated rings. The molecule has 0 saturated heterocycles. The van der Waals surface area contributed by atoms with E-state index in [-0.39, 0.29) is 11.5 Å². The van der Waals surface area contributed by atoms with E-state index in [2.05, 4.69) is 24.4 Å². The molecule has 0 heterocycles. The van der Waals surface area contributed by atoms with Gasteiger partial charge >= 0.3 is 0 Å². The van der Waals surface area contributed by atoms with Crippen molar-refractivity contribution < 1.29 is 5.11 Å². The summed E-state index contributed by atoms with van der Waals surface area (Å²) in [5.74, 6) is 0. The fraction of sp³-hybridized carbons (Fsp3) is 0.571. The Balaban J connectivity index is 2.40. The first kappa shape index (κ1) is 13.2. The van der Waals surface area contributed by atoms with Gasteiger partial charge in [-0.25, -0.2) is 0 Å². The molecular formula is C14H23NO. The van der Waals surface area contributed by atoms with Crippen LogP contribution >= 0.6 is 0 Å². The summed E-state index contributed by atoms with van der Waals surface area (Å²) in [5.41, 5.74) is 2.53. The van der Waals surface area contributed by atoms with Crippen LogP contribution in [0.2, 0.25) is 0 Å². The molecule has 16 heavy (non-hydrogen) atoms. The molecule has 1 aromatic carbocycles. The van der Waals surface area contributed by atoms with Crippen molar-refractivity contribution in [3.8, 4) is 0 Å². The molecule has 0 amide bonds. The molecule has 1 rings (SSSR count). The van der Waals surface area contributed by atoms with Crippen LogP contribution in [0.3, 0.4) is 0 Å². The minimum Gasteiger partial charge on any atom is -0.391 e. The van der Waals surface area contributed by atoms with Crippen molar-refractivity contribution in [1.82, 2.24) is 5.32 Å². The van der Waals surface area contributed by atoms with Crippen LogP contribution in [0.5, 0.6) is 0 Å². The maximum absolute atomic E-state index is 9.87. The predicted octanol–water partition coefficient (Wildman–Crippen LogP) is 2.49. The van der Waals surface area contributed by atoms with Crippen molar-refractivity contribution in [2.45, 2.75) is 40.3 Å². The molecule has 1 unspecified atom stereocenters. The monoisotopic (exact) mass is 221 g/mol. The van der Waals surface area contributed by atoms with Crippen LogP contribution in [-0.2, 0) is 6.54 Å². The number of hydrogen-bond acceptors (Lipinski definition) is 2. The summed E-state index contributed by atoms with van der Waals surface area (Å²) in [4.78, 5) is 0. The molecule has 1 aromatic rings. The summed E-state index contributed by atoms with van der Waals surface area (Å²) in [5, 5.41) is 13.2. The third-order valence-electron chi connectivity index (χ3n) is 2.91. The number of nitrogens with one attached hydrogen (secondary N) is 1. The highest BCUT2D eigenvalue weighted by molar-refractivity contribution is 5.25. The van der Waals surface area contributed by atoms with Crippen molar-refractivity contribution in [2.24, 2.45) is 5.41 Å². The summed E-state index contributed by atoms with van der Waals surface area (Å²) in [6.45, 7) is 9.71. The topological polar surface area (TPSA) is 32.3 Å². The summed E-state index contributed by atoms with van der Waals surface area (Å²) in [6, 6.07) is 8.32. The van der Waals surface area contributed by atoms with E-state index in [1.807, 2.05) is 32.9 Å². The number of aryl methyl sites for hydroxylation is 1. The third-order valence-corrected chi connectivity index (χ3v) is 2.91. The van der Waals surface area contributed by atoms with Gasteiger partial charge in [-0.2, -0.15) is 0 Å². The molecule has 0 bridgehead atoms. The zero-order valence-corrected chi connectivity index (χ0v) is 10.7. The first-order valence-corrected chi connectivity index (χ1v) is 5.84. The van der Waals surface area contributed by atoms with Crippen molar-refractivity contribution in [1.29, 1.82) is 0 Å². The summed E-state index contributed by atoms with van der Waals surface area (Å²) < 4.78 is 0. The Morgan fingerprint density at radius 2 is 1.88 bits per heavy atom. The fourth-order valence-corrected chi connectivity index (χ4v) is 1.46. The lowest BCUT2D eigenvalue weighted by molar-refractivity contribution is 0.0627. The lowest BCUT2D eigenvalue weighted by Gasteiger charge is -2.26. The molecule has 1 atom stereocenters. The molecule has 90 valence electrons. The van der Waals surface area contributed by atoms with Gasteiger partial charge in [0.1, 0.15) is 0 Å². The van der Waals surface area contributed by atoms with Gasteiger partial charge in [0.05, 0.1) is 6.10 Å². The van der Waals surface area contributed by atoms with Crippen molar-refractivity contribution in [2.75, 3.05) is 6.54 Å². The van der Waals surface area contributed by atoms with Crippen LogP contribution < -0.4 is 5.32 Å². The van der Waals surface area contributed by atoms with E-state index >= 15 is 0 Å². The fourth-order valence-electron chi connectivity index (χ4n) is 1.46. The van der Waals surface area contributed by atoms with E-state index in [4.69, 9.17) is 0 Å². The zero-order chi connectivity index (χ0) is 12.2. The molecule has 0 aromatic heterocycles. The van der Waals surface area contributed by atoms with Gasteiger partial charge in [0.2, 0.25) is 0 Å².